The molecule has 1 N–H and O–H groups in total. The van der Waals surface area contributed by atoms with Crippen molar-refractivity contribution in [2.75, 3.05) is 6.54 Å². The van der Waals surface area contributed by atoms with Gasteiger partial charge in [-0.05, 0) is 29.8 Å². The van der Waals surface area contributed by atoms with Gasteiger partial charge < -0.3 is 5.32 Å². The molecule has 0 fully saturated rings. The fourth-order valence-electron chi connectivity index (χ4n) is 2.19. The number of benzene rings is 2. The third-order valence-corrected chi connectivity index (χ3v) is 4.37. The minimum Gasteiger partial charge on any atom is -0.355 e. The Morgan fingerprint density at radius 1 is 1.14 bits per heavy atom. The SMILES string of the molecule is O=C(Cc1ccc(F)cc1)NCCc1nc2ccccc2s1. The van der Waals surface area contributed by atoms with Gasteiger partial charge in [0.2, 0.25) is 5.91 Å². The van der Waals surface area contributed by atoms with Gasteiger partial charge in [0, 0.05) is 13.0 Å². The second kappa shape index (κ2) is 6.66. The summed E-state index contributed by atoms with van der Waals surface area (Å²) >= 11 is 1.65. The third-order valence-electron chi connectivity index (χ3n) is 3.28. The van der Waals surface area contributed by atoms with Gasteiger partial charge in [0.05, 0.1) is 21.6 Å². The number of carbonyl (C=O) groups excluding carboxylic acids is 1. The van der Waals surface area contributed by atoms with E-state index in [1.54, 1.807) is 23.5 Å². The highest BCUT2D eigenvalue weighted by Gasteiger charge is 2.06. The Morgan fingerprint density at radius 2 is 1.91 bits per heavy atom. The molecule has 0 bridgehead atoms. The summed E-state index contributed by atoms with van der Waals surface area (Å²) in [6.45, 7) is 0.555. The number of fused-ring (bicyclic) bond motifs is 1. The highest BCUT2D eigenvalue weighted by Crippen LogP contribution is 2.21. The van der Waals surface area contributed by atoms with Crippen molar-refractivity contribution in [1.29, 1.82) is 0 Å². The number of aromatic nitrogens is 1. The molecule has 0 saturated heterocycles. The Kier molecular flexibility index (Phi) is 4.44. The first kappa shape index (κ1) is 14.7. The summed E-state index contributed by atoms with van der Waals surface area (Å²) in [6.07, 6.45) is 0.981. The van der Waals surface area contributed by atoms with Crippen LogP contribution in [0.5, 0.6) is 0 Å². The summed E-state index contributed by atoms with van der Waals surface area (Å²) in [5.74, 6) is -0.354. The lowest BCUT2D eigenvalue weighted by Crippen LogP contribution is -2.27. The Morgan fingerprint density at radius 3 is 2.68 bits per heavy atom. The number of rotatable bonds is 5. The first-order valence-electron chi connectivity index (χ1n) is 7.06. The first-order valence-corrected chi connectivity index (χ1v) is 7.88. The van der Waals surface area contributed by atoms with E-state index in [-0.39, 0.29) is 18.1 Å². The molecule has 1 heterocycles. The van der Waals surface area contributed by atoms with E-state index in [0.717, 1.165) is 20.8 Å². The van der Waals surface area contributed by atoms with Crippen LogP contribution in [0.4, 0.5) is 4.39 Å². The first-order chi connectivity index (χ1) is 10.7. The second-order valence-electron chi connectivity index (χ2n) is 4.98. The van der Waals surface area contributed by atoms with Gasteiger partial charge >= 0.3 is 0 Å². The van der Waals surface area contributed by atoms with Gasteiger partial charge in [-0.1, -0.05) is 24.3 Å². The van der Waals surface area contributed by atoms with Crippen molar-refractivity contribution in [2.24, 2.45) is 0 Å². The standard InChI is InChI=1S/C17H15FN2OS/c18-13-7-5-12(6-8-13)11-16(21)19-10-9-17-20-14-3-1-2-4-15(14)22-17/h1-8H,9-11H2,(H,19,21). The van der Waals surface area contributed by atoms with E-state index in [4.69, 9.17) is 0 Å². The molecule has 0 spiro atoms. The van der Waals surface area contributed by atoms with E-state index in [1.165, 1.54) is 12.1 Å². The molecule has 112 valence electrons. The number of para-hydroxylation sites is 1. The molecule has 0 aliphatic rings. The van der Waals surface area contributed by atoms with Crippen LogP contribution in [0.2, 0.25) is 0 Å². The zero-order valence-electron chi connectivity index (χ0n) is 11.9. The predicted molar refractivity (Wildman–Crippen MR) is 86.4 cm³/mol. The molecule has 2 aromatic carbocycles. The summed E-state index contributed by atoms with van der Waals surface area (Å²) in [7, 11) is 0. The molecule has 3 nitrogen and oxygen atoms in total. The highest BCUT2D eigenvalue weighted by atomic mass is 32.1. The third kappa shape index (κ3) is 3.68. The minimum atomic E-state index is -0.292. The summed E-state index contributed by atoms with van der Waals surface area (Å²) < 4.78 is 14.0. The van der Waals surface area contributed by atoms with Crippen molar-refractivity contribution in [3.05, 3.63) is 64.9 Å². The monoisotopic (exact) mass is 314 g/mol. The zero-order valence-corrected chi connectivity index (χ0v) is 12.7. The van der Waals surface area contributed by atoms with Crippen LogP contribution in [0.3, 0.4) is 0 Å². The lowest BCUT2D eigenvalue weighted by molar-refractivity contribution is -0.120. The van der Waals surface area contributed by atoms with Crippen molar-refractivity contribution < 1.29 is 9.18 Å². The van der Waals surface area contributed by atoms with Crippen molar-refractivity contribution >= 4 is 27.5 Å². The topological polar surface area (TPSA) is 42.0 Å². The van der Waals surface area contributed by atoms with Crippen molar-refractivity contribution in [3.63, 3.8) is 0 Å². The average molecular weight is 314 g/mol. The van der Waals surface area contributed by atoms with E-state index < -0.39 is 0 Å². The molecule has 1 aromatic heterocycles. The minimum absolute atomic E-state index is 0.0623. The van der Waals surface area contributed by atoms with Crippen molar-refractivity contribution in [2.45, 2.75) is 12.8 Å². The number of carbonyl (C=O) groups is 1. The van der Waals surface area contributed by atoms with Crippen LogP contribution >= 0.6 is 11.3 Å². The molecular formula is C17H15FN2OS. The van der Waals surface area contributed by atoms with Crippen LogP contribution < -0.4 is 5.32 Å². The van der Waals surface area contributed by atoms with Crippen LogP contribution in [0.15, 0.2) is 48.5 Å². The van der Waals surface area contributed by atoms with Crippen molar-refractivity contribution in [1.82, 2.24) is 10.3 Å². The summed E-state index contributed by atoms with van der Waals surface area (Å²) in [5.41, 5.74) is 1.80. The maximum absolute atomic E-state index is 12.8. The van der Waals surface area contributed by atoms with Gasteiger partial charge in [-0.2, -0.15) is 0 Å². The number of hydrogen-bond acceptors (Lipinski definition) is 3. The largest absolute Gasteiger partial charge is 0.355 e. The molecule has 0 saturated carbocycles. The molecular weight excluding hydrogens is 299 g/mol. The highest BCUT2D eigenvalue weighted by molar-refractivity contribution is 7.18. The van der Waals surface area contributed by atoms with Crippen LogP contribution in [0, 0.1) is 5.82 Å². The molecule has 0 aliphatic heterocycles. The number of nitrogens with one attached hydrogen (secondary N) is 1. The number of amides is 1. The maximum atomic E-state index is 12.8. The molecule has 22 heavy (non-hydrogen) atoms. The van der Waals surface area contributed by atoms with Gasteiger partial charge in [0.15, 0.2) is 0 Å². The number of hydrogen-bond donors (Lipinski definition) is 1. The molecule has 0 aliphatic carbocycles. The molecule has 3 aromatic rings. The Bertz CT molecular complexity index is 750. The molecule has 0 unspecified atom stereocenters. The Labute approximate surface area is 131 Å². The molecule has 0 radical (unpaired) electrons. The van der Waals surface area contributed by atoms with E-state index >= 15 is 0 Å². The van der Waals surface area contributed by atoms with Gasteiger partial charge in [-0.15, -0.1) is 11.3 Å². The number of thiazole rings is 1. The van der Waals surface area contributed by atoms with E-state index in [1.807, 2.05) is 24.3 Å². The molecule has 3 rings (SSSR count). The maximum Gasteiger partial charge on any atom is 0.224 e. The van der Waals surface area contributed by atoms with E-state index in [2.05, 4.69) is 10.3 Å². The van der Waals surface area contributed by atoms with Crippen LogP contribution in [-0.4, -0.2) is 17.4 Å². The van der Waals surface area contributed by atoms with Crippen molar-refractivity contribution in [3.8, 4) is 0 Å². The molecule has 5 heteroatoms. The number of halogens is 1. The van der Waals surface area contributed by atoms with Gasteiger partial charge in [0.25, 0.3) is 0 Å². The lowest BCUT2D eigenvalue weighted by atomic mass is 10.1. The summed E-state index contributed by atoms with van der Waals surface area (Å²) in [5, 5.41) is 3.89. The molecule has 1 amide bonds. The van der Waals surface area contributed by atoms with Crippen LogP contribution in [-0.2, 0) is 17.6 Å². The quantitative estimate of drug-likeness (QED) is 0.785. The Balaban J connectivity index is 1.49. The number of nitrogens with zero attached hydrogens (tertiary/aromatic N) is 1. The summed E-state index contributed by atoms with van der Waals surface area (Å²) in [6, 6.07) is 14.0. The Hall–Kier alpha value is -2.27. The fraction of sp³-hybridized carbons (Fsp3) is 0.176. The smallest absolute Gasteiger partial charge is 0.224 e. The van der Waals surface area contributed by atoms with E-state index in [0.29, 0.717) is 13.0 Å². The summed E-state index contributed by atoms with van der Waals surface area (Å²) in [4.78, 5) is 16.4. The fourth-order valence-corrected chi connectivity index (χ4v) is 3.15. The zero-order chi connectivity index (χ0) is 15.4. The lowest BCUT2D eigenvalue weighted by Gasteiger charge is -2.04. The van der Waals surface area contributed by atoms with Gasteiger partial charge in [0.1, 0.15) is 5.82 Å². The van der Waals surface area contributed by atoms with Gasteiger partial charge in [-0.3, -0.25) is 4.79 Å². The van der Waals surface area contributed by atoms with Crippen LogP contribution in [0.25, 0.3) is 10.2 Å². The predicted octanol–water partition coefficient (Wildman–Crippen LogP) is 3.34. The van der Waals surface area contributed by atoms with E-state index in [9.17, 15) is 9.18 Å². The second-order valence-corrected chi connectivity index (χ2v) is 6.09. The van der Waals surface area contributed by atoms with Gasteiger partial charge in [-0.25, -0.2) is 9.37 Å². The molecule has 0 atom stereocenters. The average Bonchev–Trinajstić information content (AvgIpc) is 2.92. The van der Waals surface area contributed by atoms with Crippen LogP contribution in [0.1, 0.15) is 10.6 Å². The normalized spacial score (nSPS) is 10.8.